The number of thiophene rings is 1. The number of rotatable bonds is 2. The van der Waals surface area contributed by atoms with Crippen LogP contribution >= 0.6 is 22.7 Å². The molecule has 2 aromatic heterocycles. The van der Waals surface area contributed by atoms with Crippen LogP contribution in [-0.4, -0.2) is 15.4 Å². The first-order chi connectivity index (χ1) is 10.5. The van der Waals surface area contributed by atoms with E-state index >= 15 is 0 Å². The molecular weight excluding hydrogens is 322 g/mol. The molecule has 8 heteroatoms. The van der Waals surface area contributed by atoms with Gasteiger partial charge in [-0.05, 0) is 30.7 Å². The summed E-state index contributed by atoms with van der Waals surface area (Å²) in [5, 5.41) is 10.6. The van der Waals surface area contributed by atoms with E-state index in [2.05, 4.69) is 4.99 Å². The maximum Gasteiger partial charge on any atom is 0.324 e. The van der Waals surface area contributed by atoms with Crippen molar-refractivity contribution >= 4 is 43.8 Å². The molecule has 0 N–H and O–H groups in total. The minimum atomic E-state index is -0.510. The summed E-state index contributed by atoms with van der Waals surface area (Å²) in [6.07, 6.45) is 0. The van der Waals surface area contributed by atoms with E-state index in [9.17, 15) is 14.9 Å². The summed E-state index contributed by atoms with van der Waals surface area (Å²) in [4.78, 5) is 27.3. The zero-order chi connectivity index (χ0) is 15.9. The number of carbonyl (C=O) groups is 1. The molecule has 1 amide bonds. The Morgan fingerprint density at radius 2 is 2.05 bits per heavy atom. The fourth-order valence-corrected chi connectivity index (χ4v) is 3.85. The largest absolute Gasteiger partial charge is 0.324 e. The first kappa shape index (κ1) is 14.6. The molecule has 2 heterocycles. The van der Waals surface area contributed by atoms with E-state index in [1.54, 1.807) is 0 Å². The lowest BCUT2D eigenvalue weighted by Crippen LogP contribution is -2.12. The highest BCUT2D eigenvalue weighted by molar-refractivity contribution is 7.17. The molecule has 0 aliphatic rings. The fourth-order valence-electron chi connectivity index (χ4n) is 2.03. The molecule has 3 aromatic rings. The minimum absolute atomic E-state index is 0.0603. The van der Waals surface area contributed by atoms with E-state index in [0.717, 1.165) is 27.1 Å². The third-order valence-corrected chi connectivity index (χ3v) is 5.26. The normalized spacial score (nSPS) is 12.0. The molecule has 6 nitrogen and oxygen atoms in total. The molecule has 0 atom stereocenters. The summed E-state index contributed by atoms with van der Waals surface area (Å²) >= 11 is 2.26. The van der Waals surface area contributed by atoms with Crippen molar-refractivity contribution in [1.82, 2.24) is 4.57 Å². The van der Waals surface area contributed by atoms with Gasteiger partial charge in [-0.15, -0.1) is 0 Å². The quantitative estimate of drug-likeness (QED) is 0.533. The second kappa shape index (κ2) is 5.47. The Balaban J connectivity index is 2.05. The number of benzene rings is 1. The van der Waals surface area contributed by atoms with Gasteiger partial charge in [-0.25, -0.2) is 0 Å². The first-order valence-electron chi connectivity index (χ1n) is 6.35. The number of aryl methyl sites for hydroxylation is 2. The Labute approximate surface area is 133 Å². The average molecular weight is 333 g/mol. The van der Waals surface area contributed by atoms with Crippen LogP contribution in [0.4, 0.5) is 5.00 Å². The van der Waals surface area contributed by atoms with Crippen molar-refractivity contribution in [2.45, 2.75) is 6.92 Å². The zero-order valence-electron chi connectivity index (χ0n) is 11.8. The van der Waals surface area contributed by atoms with Crippen LogP contribution in [0.2, 0.25) is 0 Å². The number of amides is 1. The number of fused-ring (bicyclic) bond motifs is 1. The zero-order valence-corrected chi connectivity index (χ0v) is 13.4. The average Bonchev–Trinajstić information content (AvgIpc) is 3.05. The van der Waals surface area contributed by atoms with Crippen LogP contribution in [0.25, 0.3) is 10.2 Å². The number of hydrogen-bond donors (Lipinski definition) is 0. The van der Waals surface area contributed by atoms with Gasteiger partial charge in [0, 0.05) is 13.1 Å². The molecule has 0 aliphatic heterocycles. The van der Waals surface area contributed by atoms with Crippen molar-refractivity contribution in [3.05, 3.63) is 55.7 Å². The number of thiazole rings is 1. The Bertz CT molecular complexity index is 965. The molecule has 0 aliphatic carbocycles. The van der Waals surface area contributed by atoms with Crippen molar-refractivity contribution in [2.24, 2.45) is 12.0 Å². The van der Waals surface area contributed by atoms with Gasteiger partial charge in [-0.3, -0.25) is 14.9 Å². The number of hydrogen-bond acceptors (Lipinski definition) is 5. The molecule has 0 fully saturated rings. The van der Waals surface area contributed by atoms with Crippen LogP contribution in [0.5, 0.6) is 0 Å². The first-order valence-corrected chi connectivity index (χ1v) is 7.98. The lowest BCUT2D eigenvalue weighted by atomic mass is 10.2. The van der Waals surface area contributed by atoms with Crippen LogP contribution in [-0.2, 0) is 7.05 Å². The summed E-state index contributed by atoms with van der Waals surface area (Å²) < 4.78 is 2.89. The molecule has 0 saturated heterocycles. The Morgan fingerprint density at radius 1 is 1.27 bits per heavy atom. The van der Waals surface area contributed by atoms with E-state index in [4.69, 9.17) is 0 Å². The highest BCUT2D eigenvalue weighted by Gasteiger charge is 2.15. The van der Waals surface area contributed by atoms with Gasteiger partial charge in [-0.1, -0.05) is 28.7 Å². The second-order valence-corrected chi connectivity index (χ2v) is 6.80. The van der Waals surface area contributed by atoms with Crippen molar-refractivity contribution < 1.29 is 9.72 Å². The molecule has 0 saturated carbocycles. The maximum atomic E-state index is 12.2. The summed E-state index contributed by atoms with van der Waals surface area (Å²) in [5.74, 6) is -0.461. The molecule has 0 unspecified atom stereocenters. The molecular formula is C14H11N3O3S2. The monoisotopic (exact) mass is 333 g/mol. The van der Waals surface area contributed by atoms with Gasteiger partial charge in [0.15, 0.2) is 4.80 Å². The molecule has 112 valence electrons. The smallest absolute Gasteiger partial charge is 0.319 e. The molecule has 0 spiro atoms. The van der Waals surface area contributed by atoms with Gasteiger partial charge in [0.25, 0.3) is 5.91 Å². The number of carbonyl (C=O) groups excluding carboxylic acids is 1. The van der Waals surface area contributed by atoms with Gasteiger partial charge in [-0.2, -0.15) is 4.99 Å². The van der Waals surface area contributed by atoms with E-state index in [0.29, 0.717) is 4.80 Å². The van der Waals surface area contributed by atoms with Crippen molar-refractivity contribution in [3.63, 3.8) is 0 Å². The summed E-state index contributed by atoms with van der Waals surface area (Å²) in [6.45, 7) is 2.01. The number of nitrogens with zero attached hydrogens (tertiary/aromatic N) is 3. The summed E-state index contributed by atoms with van der Waals surface area (Å²) in [6, 6.07) is 8.79. The van der Waals surface area contributed by atoms with E-state index in [1.807, 2.05) is 36.7 Å². The standard InChI is InChI=1S/C14H11N3O3S2/c1-8-3-4-9-11(7-8)22-14(16(9)2)15-13(18)10-5-6-12(21-10)17(19)20/h3-7H,1-2H3. The molecule has 0 bridgehead atoms. The van der Waals surface area contributed by atoms with Gasteiger partial charge in [0.1, 0.15) is 4.88 Å². The maximum absolute atomic E-state index is 12.2. The van der Waals surface area contributed by atoms with Crippen molar-refractivity contribution in [1.29, 1.82) is 0 Å². The Hall–Kier alpha value is -2.32. The third-order valence-electron chi connectivity index (χ3n) is 3.14. The Kier molecular flexibility index (Phi) is 3.63. The predicted octanol–water partition coefficient (Wildman–Crippen LogP) is 3.26. The number of aromatic nitrogens is 1. The van der Waals surface area contributed by atoms with Crippen molar-refractivity contribution in [3.8, 4) is 0 Å². The van der Waals surface area contributed by atoms with Crippen LogP contribution in [0.1, 0.15) is 15.2 Å². The van der Waals surface area contributed by atoms with Crippen LogP contribution in [0, 0.1) is 17.0 Å². The summed E-state index contributed by atoms with van der Waals surface area (Å²) in [7, 11) is 1.84. The van der Waals surface area contributed by atoms with Crippen LogP contribution < -0.4 is 4.80 Å². The summed E-state index contributed by atoms with van der Waals surface area (Å²) in [5.41, 5.74) is 2.14. The van der Waals surface area contributed by atoms with Gasteiger partial charge >= 0.3 is 5.00 Å². The lowest BCUT2D eigenvalue weighted by molar-refractivity contribution is -0.380. The SMILES string of the molecule is Cc1ccc2c(c1)sc(=NC(=O)c1ccc([N+](=O)[O-])s1)n2C. The topological polar surface area (TPSA) is 77.5 Å². The second-order valence-electron chi connectivity index (χ2n) is 4.73. The van der Waals surface area contributed by atoms with Crippen LogP contribution in [0.15, 0.2) is 35.3 Å². The highest BCUT2D eigenvalue weighted by atomic mass is 32.1. The molecule has 22 heavy (non-hydrogen) atoms. The van der Waals surface area contributed by atoms with Gasteiger partial charge in [0.2, 0.25) is 0 Å². The highest BCUT2D eigenvalue weighted by Crippen LogP contribution is 2.24. The molecule has 0 radical (unpaired) electrons. The Morgan fingerprint density at radius 3 is 2.73 bits per heavy atom. The molecule has 3 rings (SSSR count). The van der Waals surface area contributed by atoms with Gasteiger partial charge < -0.3 is 4.57 Å². The predicted molar refractivity (Wildman–Crippen MR) is 86.4 cm³/mol. The molecule has 1 aromatic carbocycles. The lowest BCUT2D eigenvalue weighted by Gasteiger charge is -1.95. The minimum Gasteiger partial charge on any atom is -0.319 e. The van der Waals surface area contributed by atoms with E-state index in [1.165, 1.54) is 23.5 Å². The van der Waals surface area contributed by atoms with E-state index in [-0.39, 0.29) is 9.88 Å². The van der Waals surface area contributed by atoms with E-state index < -0.39 is 10.8 Å². The van der Waals surface area contributed by atoms with Crippen LogP contribution in [0.3, 0.4) is 0 Å². The van der Waals surface area contributed by atoms with Crippen molar-refractivity contribution in [2.75, 3.05) is 0 Å². The third kappa shape index (κ3) is 2.58. The number of nitro groups is 1. The van der Waals surface area contributed by atoms with Gasteiger partial charge in [0.05, 0.1) is 15.1 Å². The fraction of sp³-hybridized carbons (Fsp3) is 0.143.